The van der Waals surface area contributed by atoms with Gasteiger partial charge >= 0.3 is 7.82 Å². The first kappa shape index (κ1) is 81.1. The molecule has 0 aromatic heterocycles. The minimum atomic E-state index is -4.64. The Kier molecular flexibility index (Phi) is 24.9. The van der Waals surface area contributed by atoms with Gasteiger partial charge in [0.05, 0.1) is 0 Å². The van der Waals surface area contributed by atoms with Crippen LogP contribution in [0.25, 0.3) is 0 Å². The highest BCUT2D eigenvalue weighted by Crippen LogP contribution is 2.44. The summed E-state index contributed by atoms with van der Waals surface area (Å²) in [5, 5.41) is 11.4. The van der Waals surface area contributed by atoms with Gasteiger partial charge in [0.1, 0.15) is 0 Å². The number of phosphoric acid groups is 1. The van der Waals surface area contributed by atoms with Gasteiger partial charge in [-0.05, 0) is 168 Å². The lowest BCUT2D eigenvalue weighted by molar-refractivity contribution is 0.275. The van der Waals surface area contributed by atoms with Crippen molar-refractivity contribution in [2.45, 2.75) is 314 Å². The van der Waals surface area contributed by atoms with Gasteiger partial charge < -0.3 is 30.6 Å². The fourth-order valence-electron chi connectivity index (χ4n) is 10.9. The standard InChI is InChI=1S/3C28H43N.H3O4P/c3*1-25(2,3)19-13-15-23(21(17-19)27(7,8)9)29-24-16-14-20(26(4,5)6)18-22(24)28(10,11)12;1-5(2,3)4/h3*13-18,29H,1-12H3;(H3,1,2,3,4). The van der Waals surface area contributed by atoms with E-state index < -0.39 is 7.82 Å². The van der Waals surface area contributed by atoms with Crippen LogP contribution in [-0.2, 0) is 69.5 Å². The summed E-state index contributed by atoms with van der Waals surface area (Å²) in [6, 6.07) is 41.6. The molecule has 8 heteroatoms. The van der Waals surface area contributed by atoms with Gasteiger partial charge in [0.2, 0.25) is 0 Å². The van der Waals surface area contributed by atoms with Crippen LogP contribution < -0.4 is 16.0 Å². The Morgan fingerprint density at radius 3 is 0.380 bits per heavy atom. The maximum absolute atomic E-state index is 8.88. The van der Waals surface area contributed by atoms with Crippen LogP contribution in [0.4, 0.5) is 34.1 Å². The zero-order valence-electron chi connectivity index (χ0n) is 65.1. The highest BCUT2D eigenvalue weighted by molar-refractivity contribution is 7.45. The van der Waals surface area contributed by atoms with E-state index in [0.717, 1.165) is 0 Å². The predicted octanol–water partition coefficient (Wildman–Crippen LogP) is 24.9. The molecule has 0 radical (unpaired) electrons. The van der Waals surface area contributed by atoms with Crippen LogP contribution in [0.15, 0.2) is 109 Å². The van der Waals surface area contributed by atoms with Crippen LogP contribution in [0.5, 0.6) is 0 Å². The zero-order chi connectivity index (χ0) is 71.7. The molecule has 6 aromatic rings. The Balaban J connectivity index is 0.000000347. The minimum Gasteiger partial charge on any atom is -0.355 e. The molecule has 6 aromatic carbocycles. The average Bonchev–Trinajstić information content (AvgIpc) is 0.798. The molecule has 0 fully saturated rings. The van der Waals surface area contributed by atoms with E-state index in [1.165, 1.54) is 101 Å². The van der Waals surface area contributed by atoms with Crippen molar-refractivity contribution in [3.63, 3.8) is 0 Å². The Hall–Kier alpha value is -5.17. The van der Waals surface area contributed by atoms with Crippen LogP contribution in [0, 0.1) is 0 Å². The maximum Gasteiger partial charge on any atom is 0.466 e. The normalized spacial score (nSPS) is 13.4. The van der Waals surface area contributed by atoms with Crippen molar-refractivity contribution in [3.8, 4) is 0 Å². The number of benzene rings is 6. The van der Waals surface area contributed by atoms with E-state index >= 15 is 0 Å². The highest BCUT2D eigenvalue weighted by Gasteiger charge is 2.30. The maximum atomic E-state index is 8.88. The molecule has 0 amide bonds. The number of rotatable bonds is 6. The molecule has 0 heterocycles. The average molecular weight is 1280 g/mol. The molecule has 0 saturated carbocycles. The van der Waals surface area contributed by atoms with Crippen molar-refractivity contribution >= 4 is 41.9 Å². The molecule has 0 saturated heterocycles. The molecule has 92 heavy (non-hydrogen) atoms. The van der Waals surface area contributed by atoms with Gasteiger partial charge in [0.25, 0.3) is 0 Å². The molecule has 0 aliphatic rings. The molecule has 0 aliphatic heterocycles. The van der Waals surface area contributed by atoms with Crippen molar-refractivity contribution in [2.24, 2.45) is 0 Å². The van der Waals surface area contributed by atoms with Crippen LogP contribution in [0.1, 0.15) is 316 Å². The van der Waals surface area contributed by atoms with Crippen LogP contribution in [0.2, 0.25) is 0 Å². The van der Waals surface area contributed by atoms with E-state index in [-0.39, 0.29) is 65.0 Å². The van der Waals surface area contributed by atoms with Gasteiger partial charge in [0.15, 0.2) is 0 Å². The van der Waals surface area contributed by atoms with Gasteiger partial charge in [0, 0.05) is 34.1 Å². The summed E-state index contributed by atoms with van der Waals surface area (Å²) in [5.74, 6) is 0. The number of hydrogen-bond donors (Lipinski definition) is 6. The van der Waals surface area contributed by atoms with E-state index in [0.29, 0.717) is 0 Å². The van der Waals surface area contributed by atoms with Gasteiger partial charge in [-0.3, -0.25) is 0 Å². The Morgan fingerprint density at radius 2 is 0.304 bits per heavy atom. The van der Waals surface area contributed by atoms with E-state index in [9.17, 15) is 0 Å². The fourth-order valence-corrected chi connectivity index (χ4v) is 10.9. The molecule has 6 rings (SSSR count). The number of nitrogens with one attached hydrogen (secondary N) is 3. The monoisotopic (exact) mass is 1280 g/mol. The van der Waals surface area contributed by atoms with Gasteiger partial charge in [-0.25, -0.2) is 4.57 Å². The second-order valence-electron chi connectivity index (χ2n) is 38.5. The van der Waals surface area contributed by atoms with E-state index in [1.807, 2.05) is 0 Å². The summed E-state index contributed by atoms with van der Waals surface area (Å²) in [6.45, 7) is 82.5. The summed E-state index contributed by atoms with van der Waals surface area (Å²) >= 11 is 0. The third-order valence-corrected chi connectivity index (χ3v) is 17.0. The van der Waals surface area contributed by atoms with E-state index in [1.54, 1.807) is 0 Å². The molecular weight excluding hydrogens is 1150 g/mol. The predicted molar refractivity (Wildman–Crippen MR) is 407 cm³/mol. The Labute approximate surface area is 564 Å². The molecule has 0 bridgehead atoms. The van der Waals surface area contributed by atoms with Gasteiger partial charge in [-0.15, -0.1) is 0 Å². The fraction of sp³-hybridized carbons (Fsp3) is 0.571. The molecule has 0 unspecified atom stereocenters. The van der Waals surface area contributed by atoms with Crippen LogP contribution >= 0.6 is 7.82 Å². The lowest BCUT2D eigenvalue weighted by Crippen LogP contribution is -2.20. The first-order chi connectivity index (χ1) is 40.7. The Bertz CT molecular complexity index is 2910. The summed E-state index contributed by atoms with van der Waals surface area (Å²) in [4.78, 5) is 21.6. The topological polar surface area (TPSA) is 114 Å². The smallest absolute Gasteiger partial charge is 0.355 e. The van der Waals surface area contributed by atoms with E-state index in [2.05, 4.69) is 374 Å². The highest BCUT2D eigenvalue weighted by atomic mass is 31.2. The van der Waals surface area contributed by atoms with Crippen LogP contribution in [0.3, 0.4) is 0 Å². The second kappa shape index (κ2) is 28.3. The van der Waals surface area contributed by atoms with Crippen molar-refractivity contribution in [1.29, 1.82) is 0 Å². The summed E-state index contributed by atoms with van der Waals surface area (Å²) < 4.78 is 8.88. The molecular formula is C84H132N3O4P. The number of anilines is 6. The largest absolute Gasteiger partial charge is 0.466 e. The van der Waals surface area contributed by atoms with Crippen molar-refractivity contribution < 1.29 is 19.2 Å². The van der Waals surface area contributed by atoms with E-state index in [4.69, 9.17) is 19.2 Å². The lowest BCUT2D eigenvalue weighted by atomic mass is 9.78. The number of hydrogen-bond acceptors (Lipinski definition) is 4. The van der Waals surface area contributed by atoms with Crippen molar-refractivity contribution in [1.82, 2.24) is 0 Å². The molecule has 0 aliphatic carbocycles. The first-order valence-electron chi connectivity index (χ1n) is 33.7. The lowest BCUT2D eigenvalue weighted by Gasteiger charge is -2.31. The Morgan fingerprint density at radius 1 is 0.207 bits per heavy atom. The summed E-state index contributed by atoms with van der Waals surface area (Å²) in [5.41, 5.74) is 25.0. The molecule has 0 spiro atoms. The second-order valence-corrected chi connectivity index (χ2v) is 39.5. The molecule has 6 N–H and O–H groups in total. The third-order valence-electron chi connectivity index (χ3n) is 17.0. The molecule has 512 valence electrons. The molecule has 7 nitrogen and oxygen atoms in total. The van der Waals surface area contributed by atoms with Crippen molar-refractivity contribution in [2.75, 3.05) is 16.0 Å². The minimum absolute atomic E-state index is 0.0663. The van der Waals surface area contributed by atoms with Crippen molar-refractivity contribution in [3.05, 3.63) is 176 Å². The van der Waals surface area contributed by atoms with Gasteiger partial charge in [-0.2, -0.15) is 0 Å². The third kappa shape index (κ3) is 24.2. The summed E-state index contributed by atoms with van der Waals surface area (Å²) in [7, 11) is -4.64. The zero-order valence-corrected chi connectivity index (χ0v) is 66.0. The molecule has 0 atom stereocenters. The first-order valence-corrected chi connectivity index (χ1v) is 35.3. The SMILES string of the molecule is CC(C)(C)c1ccc(Nc2ccc(C(C)(C)C)cc2C(C)(C)C)c(C(C)(C)C)c1.CC(C)(C)c1ccc(Nc2ccc(C(C)(C)C)cc2C(C)(C)C)c(C(C)(C)C)c1.CC(C)(C)c1ccc(Nc2ccc(C(C)(C)C)cc2C(C)(C)C)c(C(C)(C)C)c1.O=P(O)(O)O. The van der Waals surface area contributed by atoms with Gasteiger partial charge in [-0.1, -0.05) is 322 Å². The summed E-state index contributed by atoms with van der Waals surface area (Å²) in [6.07, 6.45) is 0. The quantitative estimate of drug-likeness (QED) is 0.0921. The van der Waals surface area contributed by atoms with Crippen LogP contribution in [-0.4, -0.2) is 14.7 Å².